The number of aromatic hydroxyl groups is 1. The van der Waals surface area contributed by atoms with Crippen molar-refractivity contribution in [1.82, 2.24) is 15.2 Å². The Bertz CT molecular complexity index is 1020. The number of rotatable bonds is 6. The molecule has 0 radical (unpaired) electrons. The van der Waals surface area contributed by atoms with E-state index in [0.29, 0.717) is 30.9 Å². The molecule has 7 nitrogen and oxygen atoms in total. The predicted molar refractivity (Wildman–Crippen MR) is 105 cm³/mol. The lowest BCUT2D eigenvalue weighted by Gasteiger charge is -2.43. The van der Waals surface area contributed by atoms with Crippen molar-refractivity contribution in [2.45, 2.75) is 24.4 Å². The number of carboxylic acids is 1. The minimum Gasteiger partial charge on any atom is -0.507 e. The van der Waals surface area contributed by atoms with Gasteiger partial charge in [0.25, 0.3) is 0 Å². The van der Waals surface area contributed by atoms with Gasteiger partial charge in [-0.25, -0.2) is 9.18 Å². The van der Waals surface area contributed by atoms with Gasteiger partial charge in [0.15, 0.2) is 0 Å². The minimum atomic E-state index is -1.09. The number of nitrogens with zero attached hydrogens (tertiary/aromatic N) is 3. The van der Waals surface area contributed by atoms with Crippen LogP contribution in [0.4, 0.5) is 10.2 Å². The standard InChI is InChI=1S/C21H19FN4O3/c22-14-10-21(11-14,18-3-1-2-8-23-18)12-24-19-7-5-16(25-26-19)15-9-13(20(28)29)4-6-17(15)27/h1-9,14,27H,10-12H2,(H,24,26)(H,28,29). The van der Waals surface area contributed by atoms with Crippen molar-refractivity contribution >= 4 is 11.8 Å². The second kappa shape index (κ2) is 7.46. The van der Waals surface area contributed by atoms with Crippen LogP contribution in [0, 0.1) is 0 Å². The summed E-state index contributed by atoms with van der Waals surface area (Å²) in [6, 6.07) is 12.9. The zero-order valence-corrected chi connectivity index (χ0v) is 15.4. The Labute approximate surface area is 166 Å². The molecule has 0 spiro atoms. The van der Waals surface area contributed by atoms with Gasteiger partial charge in [0.2, 0.25) is 0 Å². The molecule has 2 aromatic heterocycles. The number of aromatic nitrogens is 3. The highest BCUT2D eigenvalue weighted by Gasteiger charge is 2.46. The SMILES string of the molecule is O=C(O)c1ccc(O)c(-c2ccc(NCC3(c4ccccn4)CC(F)C3)nn2)c1. The predicted octanol–water partition coefficient (Wildman–Crippen LogP) is 3.42. The van der Waals surface area contributed by atoms with Gasteiger partial charge < -0.3 is 15.5 Å². The summed E-state index contributed by atoms with van der Waals surface area (Å²) < 4.78 is 13.6. The first-order valence-electron chi connectivity index (χ1n) is 9.17. The van der Waals surface area contributed by atoms with E-state index in [1.54, 1.807) is 18.3 Å². The highest BCUT2D eigenvalue weighted by atomic mass is 19.1. The van der Waals surface area contributed by atoms with E-state index in [9.17, 15) is 14.3 Å². The lowest BCUT2D eigenvalue weighted by Crippen LogP contribution is -2.48. The third-order valence-corrected chi connectivity index (χ3v) is 5.22. The van der Waals surface area contributed by atoms with E-state index < -0.39 is 12.1 Å². The second-order valence-electron chi connectivity index (χ2n) is 7.20. The molecule has 3 N–H and O–H groups in total. The molecule has 1 aliphatic carbocycles. The molecule has 1 aromatic carbocycles. The summed E-state index contributed by atoms with van der Waals surface area (Å²) in [5.74, 6) is -0.674. The Morgan fingerprint density at radius 3 is 2.62 bits per heavy atom. The van der Waals surface area contributed by atoms with Crippen LogP contribution in [0.5, 0.6) is 5.75 Å². The maximum absolute atomic E-state index is 13.6. The quantitative estimate of drug-likeness (QED) is 0.588. The number of nitrogens with one attached hydrogen (secondary N) is 1. The zero-order valence-electron chi connectivity index (χ0n) is 15.4. The largest absolute Gasteiger partial charge is 0.507 e. The molecule has 2 heterocycles. The molecule has 1 saturated carbocycles. The zero-order chi connectivity index (χ0) is 20.4. The van der Waals surface area contributed by atoms with E-state index in [-0.39, 0.29) is 22.3 Å². The Morgan fingerprint density at radius 1 is 1.17 bits per heavy atom. The average molecular weight is 394 g/mol. The van der Waals surface area contributed by atoms with E-state index in [2.05, 4.69) is 20.5 Å². The average Bonchev–Trinajstić information content (AvgIpc) is 2.71. The maximum atomic E-state index is 13.6. The van der Waals surface area contributed by atoms with Crippen LogP contribution in [-0.4, -0.2) is 44.1 Å². The summed E-state index contributed by atoms with van der Waals surface area (Å²) in [4.78, 5) is 15.5. The molecule has 8 heteroatoms. The minimum absolute atomic E-state index is 0.0462. The van der Waals surface area contributed by atoms with Crippen molar-refractivity contribution in [3.8, 4) is 17.0 Å². The van der Waals surface area contributed by atoms with Gasteiger partial charge >= 0.3 is 5.97 Å². The van der Waals surface area contributed by atoms with Gasteiger partial charge in [-0.15, -0.1) is 10.2 Å². The number of aromatic carboxylic acids is 1. The molecule has 0 amide bonds. The van der Waals surface area contributed by atoms with Crippen LogP contribution in [0.15, 0.2) is 54.7 Å². The summed E-state index contributed by atoms with van der Waals surface area (Å²) in [6.07, 6.45) is 1.67. The lowest BCUT2D eigenvalue weighted by molar-refractivity contribution is 0.0697. The fourth-order valence-corrected chi connectivity index (χ4v) is 3.61. The first kappa shape index (κ1) is 18.8. The Morgan fingerprint density at radius 2 is 2.00 bits per heavy atom. The number of carboxylic acid groups (broad SMARTS) is 1. The van der Waals surface area contributed by atoms with Crippen LogP contribution < -0.4 is 5.32 Å². The van der Waals surface area contributed by atoms with E-state index in [0.717, 1.165) is 5.69 Å². The van der Waals surface area contributed by atoms with Crippen LogP contribution in [0.2, 0.25) is 0 Å². The van der Waals surface area contributed by atoms with Crippen LogP contribution in [0.1, 0.15) is 28.9 Å². The molecule has 0 saturated heterocycles. The van der Waals surface area contributed by atoms with Gasteiger partial charge in [-0.1, -0.05) is 6.07 Å². The van der Waals surface area contributed by atoms with E-state index in [1.165, 1.54) is 18.2 Å². The van der Waals surface area contributed by atoms with Gasteiger partial charge in [0, 0.05) is 29.4 Å². The molecule has 148 valence electrons. The number of hydrogen-bond acceptors (Lipinski definition) is 6. The van der Waals surface area contributed by atoms with Gasteiger partial charge in [0.1, 0.15) is 17.7 Å². The van der Waals surface area contributed by atoms with Crippen molar-refractivity contribution in [3.63, 3.8) is 0 Å². The monoisotopic (exact) mass is 394 g/mol. The van der Waals surface area contributed by atoms with Gasteiger partial charge in [-0.2, -0.15) is 0 Å². The van der Waals surface area contributed by atoms with Gasteiger partial charge in [0.05, 0.1) is 11.3 Å². The number of hydrogen-bond donors (Lipinski definition) is 3. The van der Waals surface area contributed by atoms with E-state index >= 15 is 0 Å². The van der Waals surface area contributed by atoms with Crippen molar-refractivity contribution in [3.05, 3.63) is 66.0 Å². The molecule has 0 unspecified atom stereocenters. The fraction of sp³-hybridized carbons (Fsp3) is 0.238. The molecule has 1 aliphatic rings. The number of benzene rings is 1. The first-order chi connectivity index (χ1) is 14.0. The Balaban J connectivity index is 1.50. The van der Waals surface area contributed by atoms with Crippen LogP contribution >= 0.6 is 0 Å². The molecular weight excluding hydrogens is 375 g/mol. The molecule has 1 fully saturated rings. The van der Waals surface area contributed by atoms with Gasteiger partial charge in [-0.3, -0.25) is 4.98 Å². The van der Waals surface area contributed by atoms with Crippen LogP contribution in [-0.2, 0) is 5.41 Å². The molecule has 29 heavy (non-hydrogen) atoms. The molecule has 3 aromatic rings. The molecular formula is C21H19FN4O3. The number of phenols is 1. The first-order valence-corrected chi connectivity index (χ1v) is 9.17. The van der Waals surface area contributed by atoms with Gasteiger partial charge in [-0.05, 0) is 55.3 Å². The smallest absolute Gasteiger partial charge is 0.335 e. The highest BCUT2D eigenvalue weighted by Crippen LogP contribution is 2.44. The van der Waals surface area contributed by atoms with Crippen molar-refractivity contribution in [2.24, 2.45) is 0 Å². The number of alkyl halides is 1. The number of halogens is 1. The van der Waals surface area contributed by atoms with Crippen molar-refractivity contribution in [1.29, 1.82) is 0 Å². The number of pyridine rings is 1. The molecule has 0 bridgehead atoms. The topological polar surface area (TPSA) is 108 Å². The lowest BCUT2D eigenvalue weighted by atomic mass is 9.65. The summed E-state index contributed by atoms with van der Waals surface area (Å²) in [7, 11) is 0. The summed E-state index contributed by atoms with van der Waals surface area (Å²) in [5, 5.41) is 30.5. The Hall–Kier alpha value is -3.55. The molecule has 0 aliphatic heterocycles. The van der Waals surface area contributed by atoms with Crippen molar-refractivity contribution in [2.75, 3.05) is 11.9 Å². The summed E-state index contributed by atoms with van der Waals surface area (Å²) in [5.41, 5.74) is 1.15. The van der Waals surface area contributed by atoms with E-state index in [4.69, 9.17) is 5.11 Å². The molecule has 4 rings (SSSR count). The van der Waals surface area contributed by atoms with Crippen LogP contribution in [0.3, 0.4) is 0 Å². The second-order valence-corrected chi connectivity index (χ2v) is 7.20. The maximum Gasteiger partial charge on any atom is 0.335 e. The van der Waals surface area contributed by atoms with Crippen LogP contribution in [0.25, 0.3) is 11.3 Å². The molecule has 0 atom stereocenters. The number of phenolic OH excluding ortho intramolecular Hbond substituents is 1. The third kappa shape index (κ3) is 3.73. The normalized spacial score (nSPS) is 20.7. The Kier molecular flexibility index (Phi) is 4.84. The highest BCUT2D eigenvalue weighted by molar-refractivity contribution is 5.90. The summed E-state index contributed by atoms with van der Waals surface area (Å²) >= 11 is 0. The van der Waals surface area contributed by atoms with Crippen molar-refractivity contribution < 1.29 is 19.4 Å². The fourth-order valence-electron chi connectivity index (χ4n) is 3.61. The summed E-state index contributed by atoms with van der Waals surface area (Å²) in [6.45, 7) is 0.470. The number of anilines is 1. The number of carbonyl (C=O) groups is 1. The van der Waals surface area contributed by atoms with E-state index in [1.807, 2.05) is 18.2 Å². The third-order valence-electron chi connectivity index (χ3n) is 5.22.